The van der Waals surface area contributed by atoms with Crippen LogP contribution < -0.4 is 5.73 Å². The summed E-state index contributed by atoms with van der Waals surface area (Å²) in [7, 11) is 0. The van der Waals surface area contributed by atoms with Gasteiger partial charge in [0.1, 0.15) is 0 Å². The van der Waals surface area contributed by atoms with Crippen molar-refractivity contribution in [3.8, 4) is 0 Å². The van der Waals surface area contributed by atoms with Crippen molar-refractivity contribution < 1.29 is 0 Å². The minimum atomic E-state index is 0.388. The lowest BCUT2D eigenvalue weighted by Crippen LogP contribution is -2.47. The van der Waals surface area contributed by atoms with E-state index in [1.165, 1.54) is 51.4 Å². The van der Waals surface area contributed by atoms with Gasteiger partial charge in [-0.15, -0.1) is 0 Å². The quantitative estimate of drug-likeness (QED) is 0.852. The van der Waals surface area contributed by atoms with Gasteiger partial charge in [0.15, 0.2) is 0 Å². The molecule has 0 unspecified atom stereocenters. The maximum Gasteiger partial charge on any atom is 0.00214 e. The van der Waals surface area contributed by atoms with Crippen LogP contribution in [0.3, 0.4) is 0 Å². The molecule has 1 aromatic carbocycles. The molecule has 1 nitrogen and oxygen atoms in total. The topological polar surface area (TPSA) is 26.0 Å². The lowest BCUT2D eigenvalue weighted by Gasteiger charge is -2.47. The van der Waals surface area contributed by atoms with Crippen LogP contribution in [0.25, 0.3) is 0 Å². The minimum absolute atomic E-state index is 0.388. The molecule has 0 spiro atoms. The molecule has 0 atom stereocenters. The Morgan fingerprint density at radius 2 is 1.39 bits per heavy atom. The fourth-order valence-corrected chi connectivity index (χ4v) is 4.79. The molecule has 2 N–H and O–H groups in total. The van der Waals surface area contributed by atoms with Gasteiger partial charge in [-0.05, 0) is 43.2 Å². The molecule has 98 valence electrons. The second-order valence-corrected chi connectivity index (χ2v) is 6.35. The van der Waals surface area contributed by atoms with E-state index in [2.05, 4.69) is 30.3 Å². The van der Waals surface area contributed by atoms with Gasteiger partial charge in [0.05, 0.1) is 0 Å². The summed E-state index contributed by atoms with van der Waals surface area (Å²) in [6, 6.07) is 11.2. The van der Waals surface area contributed by atoms with Gasteiger partial charge in [-0.3, -0.25) is 0 Å². The summed E-state index contributed by atoms with van der Waals surface area (Å²) in [6.45, 7) is 0.877. The van der Waals surface area contributed by atoms with Gasteiger partial charge in [-0.1, -0.05) is 56.0 Å². The van der Waals surface area contributed by atoms with E-state index in [0.717, 1.165) is 6.54 Å². The first-order valence-electron chi connectivity index (χ1n) is 7.59. The first kappa shape index (κ1) is 12.2. The van der Waals surface area contributed by atoms with Gasteiger partial charge in [0.2, 0.25) is 0 Å². The van der Waals surface area contributed by atoms with Gasteiger partial charge in [0, 0.05) is 5.41 Å². The molecule has 18 heavy (non-hydrogen) atoms. The Balaban J connectivity index is 2.06. The van der Waals surface area contributed by atoms with E-state index >= 15 is 0 Å². The molecule has 0 bridgehead atoms. The lowest BCUT2D eigenvalue weighted by atomic mass is 9.58. The van der Waals surface area contributed by atoms with Crippen LogP contribution in [-0.4, -0.2) is 6.54 Å². The highest BCUT2D eigenvalue weighted by atomic mass is 14.7. The summed E-state index contributed by atoms with van der Waals surface area (Å²) in [5.74, 6) is 0. The Morgan fingerprint density at radius 3 is 1.94 bits per heavy atom. The SMILES string of the molecule is NCC1(C2(c3ccccc3)CCCC2)CCCC1. The molecule has 0 saturated heterocycles. The molecule has 0 amide bonds. The molecule has 0 heterocycles. The molecular weight excluding hydrogens is 218 g/mol. The fraction of sp³-hybridized carbons (Fsp3) is 0.647. The van der Waals surface area contributed by atoms with Gasteiger partial charge < -0.3 is 5.73 Å². The van der Waals surface area contributed by atoms with Crippen LogP contribution in [-0.2, 0) is 5.41 Å². The molecular formula is C17H25N. The molecule has 2 aliphatic rings. The first-order valence-corrected chi connectivity index (χ1v) is 7.59. The lowest BCUT2D eigenvalue weighted by molar-refractivity contribution is 0.131. The molecule has 0 radical (unpaired) electrons. The van der Waals surface area contributed by atoms with Crippen LogP contribution >= 0.6 is 0 Å². The Labute approximate surface area is 111 Å². The molecule has 2 fully saturated rings. The predicted octanol–water partition coefficient (Wildman–Crippen LogP) is 4.02. The van der Waals surface area contributed by atoms with Gasteiger partial charge >= 0.3 is 0 Å². The third kappa shape index (κ3) is 1.64. The smallest absolute Gasteiger partial charge is 0.00214 e. The minimum Gasteiger partial charge on any atom is -0.330 e. The van der Waals surface area contributed by atoms with Crippen LogP contribution in [0.15, 0.2) is 30.3 Å². The summed E-state index contributed by atoms with van der Waals surface area (Å²) in [6.07, 6.45) is 10.9. The molecule has 0 aliphatic heterocycles. The summed E-state index contributed by atoms with van der Waals surface area (Å²) < 4.78 is 0. The Bertz CT molecular complexity index is 383. The highest BCUT2D eigenvalue weighted by Crippen LogP contribution is 2.59. The van der Waals surface area contributed by atoms with Gasteiger partial charge in [-0.25, -0.2) is 0 Å². The van der Waals surface area contributed by atoms with E-state index in [0.29, 0.717) is 10.8 Å². The molecule has 1 heteroatoms. The van der Waals surface area contributed by atoms with E-state index in [1.807, 2.05) is 0 Å². The van der Waals surface area contributed by atoms with Crippen LogP contribution in [0.1, 0.15) is 56.9 Å². The van der Waals surface area contributed by atoms with Crippen molar-refractivity contribution >= 4 is 0 Å². The first-order chi connectivity index (χ1) is 8.83. The summed E-state index contributed by atoms with van der Waals surface area (Å²) >= 11 is 0. The van der Waals surface area contributed by atoms with E-state index in [1.54, 1.807) is 5.56 Å². The zero-order valence-corrected chi connectivity index (χ0v) is 11.3. The number of hydrogen-bond donors (Lipinski definition) is 1. The number of hydrogen-bond acceptors (Lipinski definition) is 1. The maximum atomic E-state index is 6.27. The van der Waals surface area contributed by atoms with Crippen LogP contribution in [0, 0.1) is 5.41 Å². The maximum absolute atomic E-state index is 6.27. The van der Waals surface area contributed by atoms with Crippen molar-refractivity contribution in [2.45, 2.75) is 56.8 Å². The van der Waals surface area contributed by atoms with Crippen molar-refractivity contribution in [1.29, 1.82) is 0 Å². The van der Waals surface area contributed by atoms with E-state index < -0.39 is 0 Å². The third-order valence-electron chi connectivity index (χ3n) is 5.75. The Kier molecular flexibility index (Phi) is 3.19. The van der Waals surface area contributed by atoms with Crippen molar-refractivity contribution in [1.82, 2.24) is 0 Å². The van der Waals surface area contributed by atoms with E-state index in [-0.39, 0.29) is 0 Å². The highest BCUT2D eigenvalue weighted by molar-refractivity contribution is 5.31. The normalized spacial score (nSPS) is 25.4. The van der Waals surface area contributed by atoms with Gasteiger partial charge in [-0.2, -0.15) is 0 Å². The fourth-order valence-electron chi connectivity index (χ4n) is 4.79. The van der Waals surface area contributed by atoms with Crippen LogP contribution in [0.2, 0.25) is 0 Å². The number of rotatable bonds is 3. The predicted molar refractivity (Wildman–Crippen MR) is 76.5 cm³/mol. The van der Waals surface area contributed by atoms with Gasteiger partial charge in [0.25, 0.3) is 0 Å². The van der Waals surface area contributed by atoms with Crippen LogP contribution in [0.5, 0.6) is 0 Å². The Hall–Kier alpha value is -0.820. The largest absolute Gasteiger partial charge is 0.330 e. The molecule has 2 aliphatic carbocycles. The molecule has 0 aromatic heterocycles. The van der Waals surface area contributed by atoms with Crippen molar-refractivity contribution in [2.24, 2.45) is 11.1 Å². The zero-order chi connectivity index (χ0) is 12.5. The zero-order valence-electron chi connectivity index (χ0n) is 11.3. The second kappa shape index (κ2) is 4.70. The third-order valence-corrected chi connectivity index (χ3v) is 5.75. The van der Waals surface area contributed by atoms with E-state index in [9.17, 15) is 0 Å². The standard InChI is InChI=1S/C17H25N/c18-14-16(10-4-5-11-16)17(12-6-7-13-17)15-8-2-1-3-9-15/h1-3,8-9H,4-7,10-14,18H2. The summed E-state index contributed by atoms with van der Waals surface area (Å²) in [5, 5.41) is 0. The summed E-state index contributed by atoms with van der Waals surface area (Å²) in [5.41, 5.74) is 8.62. The highest BCUT2D eigenvalue weighted by Gasteiger charge is 2.53. The molecule has 3 rings (SSSR count). The van der Waals surface area contributed by atoms with Crippen LogP contribution in [0.4, 0.5) is 0 Å². The van der Waals surface area contributed by atoms with Crippen molar-refractivity contribution in [2.75, 3.05) is 6.54 Å². The summed E-state index contributed by atoms with van der Waals surface area (Å²) in [4.78, 5) is 0. The Morgan fingerprint density at radius 1 is 0.833 bits per heavy atom. The average molecular weight is 243 g/mol. The average Bonchev–Trinajstić information content (AvgIpc) is 3.10. The van der Waals surface area contributed by atoms with Crippen molar-refractivity contribution in [3.63, 3.8) is 0 Å². The number of benzene rings is 1. The number of nitrogens with two attached hydrogens (primary N) is 1. The second-order valence-electron chi connectivity index (χ2n) is 6.35. The molecule has 1 aromatic rings. The monoisotopic (exact) mass is 243 g/mol. The van der Waals surface area contributed by atoms with Crippen molar-refractivity contribution in [3.05, 3.63) is 35.9 Å². The van der Waals surface area contributed by atoms with E-state index in [4.69, 9.17) is 5.73 Å². The molecule has 2 saturated carbocycles.